The van der Waals surface area contributed by atoms with Gasteiger partial charge in [0.05, 0.1) is 11.5 Å². The molecular formula is C14H19N3O3S. The van der Waals surface area contributed by atoms with Crippen LogP contribution in [0.3, 0.4) is 0 Å². The molecule has 2 unspecified atom stereocenters. The van der Waals surface area contributed by atoms with Crippen LogP contribution in [-0.4, -0.2) is 37.9 Å². The summed E-state index contributed by atoms with van der Waals surface area (Å²) in [6, 6.07) is 5.29. The van der Waals surface area contributed by atoms with Gasteiger partial charge in [0.15, 0.2) is 9.84 Å². The molecule has 2 heterocycles. The van der Waals surface area contributed by atoms with Crippen LogP contribution in [0.15, 0.2) is 18.2 Å². The van der Waals surface area contributed by atoms with Crippen molar-refractivity contribution >= 4 is 21.6 Å². The van der Waals surface area contributed by atoms with E-state index in [1.165, 1.54) is 0 Å². The van der Waals surface area contributed by atoms with Crippen molar-refractivity contribution in [1.82, 2.24) is 4.90 Å². The van der Waals surface area contributed by atoms with E-state index in [9.17, 15) is 13.2 Å². The molecule has 3 N–H and O–H groups in total. The minimum absolute atomic E-state index is 0.0241. The molecule has 21 heavy (non-hydrogen) atoms. The summed E-state index contributed by atoms with van der Waals surface area (Å²) in [4.78, 5) is 13.2. The van der Waals surface area contributed by atoms with E-state index in [4.69, 9.17) is 5.73 Å². The van der Waals surface area contributed by atoms with Crippen molar-refractivity contribution < 1.29 is 13.2 Å². The molecule has 1 aromatic carbocycles. The Kier molecular flexibility index (Phi) is 3.41. The van der Waals surface area contributed by atoms with Crippen LogP contribution in [0.4, 0.5) is 10.5 Å². The molecule has 0 spiro atoms. The highest BCUT2D eigenvalue weighted by molar-refractivity contribution is 7.91. The second-order valence-electron chi connectivity index (χ2n) is 5.89. The van der Waals surface area contributed by atoms with Gasteiger partial charge in [0.25, 0.3) is 0 Å². The molecule has 0 saturated carbocycles. The second kappa shape index (κ2) is 4.99. The molecule has 114 valence electrons. The molecule has 2 aliphatic heterocycles. The fraction of sp³-hybridized carbons (Fsp3) is 0.500. The number of benzene rings is 1. The van der Waals surface area contributed by atoms with Crippen LogP contribution in [0.1, 0.15) is 23.6 Å². The quantitative estimate of drug-likeness (QED) is 0.855. The number of nitrogens with two attached hydrogens (primary N) is 1. The first-order chi connectivity index (χ1) is 9.85. The topological polar surface area (TPSA) is 92.5 Å². The van der Waals surface area contributed by atoms with Crippen LogP contribution in [0.2, 0.25) is 0 Å². The highest BCUT2D eigenvalue weighted by Crippen LogP contribution is 2.32. The Labute approximate surface area is 124 Å². The highest BCUT2D eigenvalue weighted by atomic mass is 32.2. The van der Waals surface area contributed by atoms with Gasteiger partial charge in [-0.1, -0.05) is 12.1 Å². The van der Waals surface area contributed by atoms with E-state index in [-0.39, 0.29) is 29.5 Å². The van der Waals surface area contributed by atoms with Gasteiger partial charge in [0.1, 0.15) is 0 Å². The minimum atomic E-state index is -2.93. The summed E-state index contributed by atoms with van der Waals surface area (Å²) in [5, 5.41) is 2.81. The van der Waals surface area contributed by atoms with E-state index in [0.29, 0.717) is 13.0 Å². The summed E-state index contributed by atoms with van der Waals surface area (Å²) in [5.74, 6) is 0.376. The number of urea groups is 1. The zero-order valence-electron chi connectivity index (χ0n) is 11.9. The van der Waals surface area contributed by atoms with E-state index >= 15 is 0 Å². The molecule has 1 aromatic rings. The summed E-state index contributed by atoms with van der Waals surface area (Å²) in [7, 11) is -1.20. The van der Waals surface area contributed by atoms with Crippen molar-refractivity contribution in [1.29, 1.82) is 0 Å². The predicted molar refractivity (Wildman–Crippen MR) is 80.6 cm³/mol. The number of rotatable bonds is 2. The Hall–Kier alpha value is -1.60. The monoisotopic (exact) mass is 309 g/mol. The molecule has 6 nitrogen and oxygen atoms in total. The Morgan fingerprint density at radius 3 is 2.86 bits per heavy atom. The number of hydrogen-bond donors (Lipinski definition) is 2. The maximum absolute atomic E-state index is 11.6. The molecule has 2 atom stereocenters. The Morgan fingerprint density at radius 1 is 1.43 bits per heavy atom. The molecule has 0 bridgehead atoms. The van der Waals surface area contributed by atoms with Gasteiger partial charge in [-0.3, -0.25) is 0 Å². The molecule has 0 radical (unpaired) electrons. The number of sulfone groups is 1. The minimum Gasteiger partial charge on any atom is -0.324 e. The fourth-order valence-corrected chi connectivity index (χ4v) is 4.85. The third-order valence-corrected chi connectivity index (χ3v) is 6.08. The zero-order chi connectivity index (χ0) is 15.2. The van der Waals surface area contributed by atoms with Crippen molar-refractivity contribution in [3.05, 3.63) is 29.3 Å². The first-order valence-electron chi connectivity index (χ1n) is 6.97. The van der Waals surface area contributed by atoms with Crippen molar-refractivity contribution in [3.63, 3.8) is 0 Å². The molecule has 2 amide bonds. The van der Waals surface area contributed by atoms with Crippen LogP contribution >= 0.6 is 0 Å². The number of fused-ring (bicyclic) bond motifs is 1. The van der Waals surface area contributed by atoms with Gasteiger partial charge < -0.3 is 16.0 Å². The normalized spacial score (nSPS) is 25.3. The summed E-state index contributed by atoms with van der Waals surface area (Å²) < 4.78 is 23.2. The Bertz CT molecular complexity index is 687. The number of hydrogen-bond acceptors (Lipinski definition) is 4. The van der Waals surface area contributed by atoms with Crippen LogP contribution in [0.5, 0.6) is 0 Å². The van der Waals surface area contributed by atoms with E-state index in [1.54, 1.807) is 11.9 Å². The number of carbonyl (C=O) groups is 1. The third-order valence-electron chi connectivity index (χ3n) is 4.29. The first-order valence-corrected chi connectivity index (χ1v) is 8.79. The van der Waals surface area contributed by atoms with Gasteiger partial charge in [-0.2, -0.15) is 0 Å². The lowest BCUT2D eigenvalue weighted by Crippen LogP contribution is -2.35. The van der Waals surface area contributed by atoms with Crippen LogP contribution in [0, 0.1) is 5.92 Å². The predicted octanol–water partition coefficient (Wildman–Crippen LogP) is 1.10. The average Bonchev–Trinajstić information content (AvgIpc) is 2.79. The lowest BCUT2D eigenvalue weighted by Gasteiger charge is -2.27. The van der Waals surface area contributed by atoms with Crippen LogP contribution in [0.25, 0.3) is 0 Å². The summed E-state index contributed by atoms with van der Waals surface area (Å²) >= 11 is 0. The largest absolute Gasteiger partial charge is 0.324 e. The zero-order valence-corrected chi connectivity index (χ0v) is 12.7. The maximum atomic E-state index is 11.6. The molecule has 7 heteroatoms. The number of nitrogens with zero attached hydrogens (tertiary/aromatic N) is 1. The smallest absolute Gasteiger partial charge is 0.321 e. The highest BCUT2D eigenvalue weighted by Gasteiger charge is 2.33. The summed E-state index contributed by atoms with van der Waals surface area (Å²) in [5.41, 5.74) is 8.99. The molecule has 0 aromatic heterocycles. The lowest BCUT2D eigenvalue weighted by molar-refractivity contribution is 0.218. The van der Waals surface area contributed by atoms with Gasteiger partial charge in [-0.15, -0.1) is 0 Å². The van der Waals surface area contributed by atoms with Crippen molar-refractivity contribution in [2.24, 2.45) is 11.7 Å². The number of carbonyl (C=O) groups excluding carboxylic acids is 1. The average molecular weight is 309 g/mol. The van der Waals surface area contributed by atoms with E-state index in [2.05, 4.69) is 5.32 Å². The summed E-state index contributed by atoms with van der Waals surface area (Å²) in [6.45, 7) is 0.532. The van der Waals surface area contributed by atoms with Crippen LogP contribution in [-0.2, 0) is 16.4 Å². The van der Waals surface area contributed by atoms with Crippen molar-refractivity contribution in [2.45, 2.75) is 19.0 Å². The molecule has 3 rings (SSSR count). The van der Waals surface area contributed by atoms with E-state index < -0.39 is 9.84 Å². The first kappa shape index (κ1) is 14.3. The Balaban J connectivity index is 1.84. The number of nitrogens with one attached hydrogen (secondary N) is 1. The molecule has 1 saturated heterocycles. The lowest BCUT2D eigenvalue weighted by atomic mass is 9.91. The molecular weight excluding hydrogens is 290 g/mol. The SMILES string of the molecule is CN1Cc2cc(C(N)C3CCS(=O)(=O)C3)ccc2NC1=O. The van der Waals surface area contributed by atoms with Crippen molar-refractivity contribution in [3.8, 4) is 0 Å². The molecule has 1 fully saturated rings. The third kappa shape index (κ3) is 2.75. The van der Waals surface area contributed by atoms with Gasteiger partial charge >= 0.3 is 6.03 Å². The number of anilines is 1. The Morgan fingerprint density at radius 2 is 2.19 bits per heavy atom. The van der Waals surface area contributed by atoms with Gasteiger partial charge in [-0.25, -0.2) is 13.2 Å². The van der Waals surface area contributed by atoms with Gasteiger partial charge in [0, 0.05) is 25.3 Å². The number of amides is 2. The maximum Gasteiger partial charge on any atom is 0.321 e. The fourth-order valence-electron chi connectivity index (χ4n) is 2.99. The second-order valence-corrected chi connectivity index (χ2v) is 8.12. The van der Waals surface area contributed by atoms with Crippen LogP contribution < -0.4 is 11.1 Å². The summed E-state index contributed by atoms with van der Waals surface area (Å²) in [6.07, 6.45) is 0.622. The van der Waals surface area contributed by atoms with E-state index in [0.717, 1.165) is 16.8 Å². The van der Waals surface area contributed by atoms with Crippen molar-refractivity contribution in [2.75, 3.05) is 23.9 Å². The van der Waals surface area contributed by atoms with E-state index in [1.807, 2.05) is 18.2 Å². The molecule has 2 aliphatic rings. The standard InChI is InChI=1S/C14H19N3O3S/c1-17-7-11-6-9(2-3-12(11)16-14(17)18)13(15)10-4-5-21(19,20)8-10/h2-3,6,10,13H,4-5,7-8,15H2,1H3,(H,16,18). The van der Waals surface area contributed by atoms with Gasteiger partial charge in [-0.05, 0) is 29.5 Å². The van der Waals surface area contributed by atoms with Gasteiger partial charge in [0.2, 0.25) is 0 Å². The molecule has 0 aliphatic carbocycles.